The molecule has 23 heavy (non-hydrogen) atoms. The van der Waals surface area contributed by atoms with Crippen LogP contribution in [0.1, 0.15) is 23.0 Å². The number of aliphatic carboxylic acids is 1. The summed E-state index contributed by atoms with van der Waals surface area (Å²) in [5.74, 6) is -1.34. The largest absolute Gasteiger partial charge is 0.481 e. The molecular formula is C16H17N3O4. The minimum absolute atomic E-state index is 0.175. The number of rotatable bonds is 6. The maximum atomic E-state index is 12.0. The minimum Gasteiger partial charge on any atom is -0.481 e. The maximum absolute atomic E-state index is 12.0. The van der Waals surface area contributed by atoms with Crippen LogP contribution in [0.25, 0.3) is 0 Å². The van der Waals surface area contributed by atoms with Crippen molar-refractivity contribution >= 4 is 17.6 Å². The zero-order valence-electron chi connectivity index (χ0n) is 12.8. The number of hydrogen-bond acceptors (Lipinski definition) is 5. The van der Waals surface area contributed by atoms with Crippen molar-refractivity contribution in [2.24, 2.45) is 5.92 Å². The first-order valence-electron chi connectivity index (χ1n) is 7.00. The lowest BCUT2D eigenvalue weighted by Crippen LogP contribution is -2.15. The average Bonchev–Trinajstić information content (AvgIpc) is 2.56. The molecule has 0 aliphatic heterocycles. The number of carbonyl (C=O) groups is 2. The molecule has 0 fully saturated rings. The highest BCUT2D eigenvalue weighted by Gasteiger charge is 2.12. The van der Waals surface area contributed by atoms with Gasteiger partial charge in [0.2, 0.25) is 5.88 Å². The molecule has 7 nitrogen and oxygen atoms in total. The highest BCUT2D eigenvalue weighted by atomic mass is 16.5. The smallest absolute Gasteiger partial charge is 0.306 e. The van der Waals surface area contributed by atoms with Gasteiger partial charge in [0.25, 0.3) is 5.91 Å². The third-order valence-corrected chi connectivity index (χ3v) is 3.26. The van der Waals surface area contributed by atoms with Gasteiger partial charge in [-0.15, -0.1) is 10.2 Å². The van der Waals surface area contributed by atoms with Crippen molar-refractivity contribution in [3.8, 4) is 5.88 Å². The Morgan fingerprint density at radius 2 is 1.87 bits per heavy atom. The molecule has 1 atom stereocenters. The molecule has 0 radical (unpaired) electrons. The Morgan fingerprint density at radius 1 is 1.17 bits per heavy atom. The molecule has 1 aromatic carbocycles. The van der Waals surface area contributed by atoms with Gasteiger partial charge in [0.05, 0.1) is 13.0 Å². The van der Waals surface area contributed by atoms with Gasteiger partial charge in [0, 0.05) is 11.8 Å². The summed E-state index contributed by atoms with van der Waals surface area (Å²) in [5.41, 5.74) is 1.66. The van der Waals surface area contributed by atoms with E-state index in [0.29, 0.717) is 18.0 Å². The lowest BCUT2D eigenvalue weighted by molar-refractivity contribution is -0.141. The number of anilines is 1. The predicted octanol–water partition coefficient (Wildman–Crippen LogP) is 2.00. The second-order valence-electron chi connectivity index (χ2n) is 5.06. The molecule has 2 rings (SSSR count). The van der Waals surface area contributed by atoms with Crippen LogP contribution in [0, 0.1) is 5.92 Å². The average molecular weight is 315 g/mol. The van der Waals surface area contributed by atoms with Crippen molar-refractivity contribution in [2.45, 2.75) is 13.3 Å². The summed E-state index contributed by atoms with van der Waals surface area (Å²) in [5, 5.41) is 19.1. The number of hydrogen-bond donors (Lipinski definition) is 2. The van der Waals surface area contributed by atoms with Gasteiger partial charge in [0.1, 0.15) is 0 Å². The molecule has 2 aromatic rings. The fraction of sp³-hybridized carbons (Fsp3) is 0.250. The van der Waals surface area contributed by atoms with Crippen LogP contribution in [0.4, 0.5) is 5.69 Å². The number of aromatic nitrogens is 2. The number of amides is 1. The zero-order valence-corrected chi connectivity index (χ0v) is 12.8. The SMILES string of the molecule is COc1ccc(C(=O)Nc2ccc(CC(C)C(=O)O)cc2)nn1. The normalized spacial score (nSPS) is 11.6. The highest BCUT2D eigenvalue weighted by Crippen LogP contribution is 2.14. The molecule has 1 unspecified atom stereocenters. The second-order valence-corrected chi connectivity index (χ2v) is 5.06. The molecule has 0 aliphatic carbocycles. The summed E-state index contributed by atoms with van der Waals surface area (Å²) in [4.78, 5) is 22.9. The van der Waals surface area contributed by atoms with Crippen molar-refractivity contribution in [3.05, 3.63) is 47.7 Å². The van der Waals surface area contributed by atoms with Crippen LogP contribution >= 0.6 is 0 Å². The van der Waals surface area contributed by atoms with E-state index in [-0.39, 0.29) is 11.6 Å². The molecule has 0 spiro atoms. The second kappa shape index (κ2) is 7.35. The van der Waals surface area contributed by atoms with Gasteiger partial charge in [-0.2, -0.15) is 0 Å². The van der Waals surface area contributed by atoms with Gasteiger partial charge in [-0.1, -0.05) is 19.1 Å². The van der Waals surface area contributed by atoms with Gasteiger partial charge >= 0.3 is 5.97 Å². The molecule has 1 amide bonds. The van der Waals surface area contributed by atoms with Crippen LogP contribution in [-0.4, -0.2) is 34.3 Å². The van der Waals surface area contributed by atoms with Gasteiger partial charge in [-0.25, -0.2) is 0 Å². The van der Waals surface area contributed by atoms with Crippen molar-refractivity contribution in [2.75, 3.05) is 12.4 Å². The quantitative estimate of drug-likeness (QED) is 0.845. The van der Waals surface area contributed by atoms with Crippen molar-refractivity contribution in [1.82, 2.24) is 10.2 Å². The number of benzene rings is 1. The molecular weight excluding hydrogens is 298 g/mol. The Morgan fingerprint density at radius 3 is 2.39 bits per heavy atom. The minimum atomic E-state index is -0.833. The summed E-state index contributed by atoms with van der Waals surface area (Å²) in [6.07, 6.45) is 0.438. The number of nitrogens with one attached hydrogen (secondary N) is 1. The number of methoxy groups -OCH3 is 1. The number of carboxylic acids is 1. The van der Waals surface area contributed by atoms with Gasteiger partial charge in [0.15, 0.2) is 5.69 Å². The Balaban J connectivity index is 1.99. The molecule has 1 heterocycles. The van der Waals surface area contributed by atoms with E-state index in [9.17, 15) is 9.59 Å². The first-order chi connectivity index (χ1) is 11.0. The van der Waals surface area contributed by atoms with Crippen LogP contribution in [0.3, 0.4) is 0 Å². The van der Waals surface area contributed by atoms with Gasteiger partial charge < -0.3 is 15.2 Å². The van der Waals surface area contributed by atoms with E-state index in [0.717, 1.165) is 5.56 Å². The first kappa shape index (κ1) is 16.4. The van der Waals surface area contributed by atoms with E-state index >= 15 is 0 Å². The molecule has 1 aromatic heterocycles. The van der Waals surface area contributed by atoms with Gasteiger partial charge in [-0.05, 0) is 30.2 Å². The lowest BCUT2D eigenvalue weighted by Gasteiger charge is -2.08. The topological polar surface area (TPSA) is 101 Å². The Kier molecular flexibility index (Phi) is 5.24. The number of carbonyl (C=O) groups excluding carboxylic acids is 1. The van der Waals surface area contributed by atoms with Crippen LogP contribution < -0.4 is 10.1 Å². The third-order valence-electron chi connectivity index (χ3n) is 3.26. The van der Waals surface area contributed by atoms with E-state index in [4.69, 9.17) is 9.84 Å². The van der Waals surface area contributed by atoms with Crippen LogP contribution in [0.2, 0.25) is 0 Å². The molecule has 0 bridgehead atoms. The fourth-order valence-electron chi connectivity index (χ4n) is 1.91. The first-order valence-corrected chi connectivity index (χ1v) is 7.00. The fourth-order valence-corrected chi connectivity index (χ4v) is 1.91. The number of nitrogens with zero attached hydrogens (tertiary/aromatic N) is 2. The summed E-state index contributed by atoms with van der Waals surface area (Å²) in [6.45, 7) is 1.65. The molecule has 0 saturated carbocycles. The van der Waals surface area contributed by atoms with Crippen molar-refractivity contribution < 1.29 is 19.4 Å². The van der Waals surface area contributed by atoms with E-state index in [1.54, 1.807) is 37.3 Å². The van der Waals surface area contributed by atoms with Crippen LogP contribution in [0.5, 0.6) is 5.88 Å². The van der Waals surface area contributed by atoms with Crippen molar-refractivity contribution in [1.29, 1.82) is 0 Å². The Bertz CT molecular complexity index is 683. The summed E-state index contributed by atoms with van der Waals surface area (Å²) >= 11 is 0. The summed E-state index contributed by atoms with van der Waals surface area (Å²) in [6, 6.07) is 10.1. The van der Waals surface area contributed by atoms with Crippen molar-refractivity contribution in [3.63, 3.8) is 0 Å². The summed E-state index contributed by atoms with van der Waals surface area (Å²) in [7, 11) is 1.47. The molecule has 0 aliphatic rings. The maximum Gasteiger partial charge on any atom is 0.306 e. The Hall–Kier alpha value is -2.96. The highest BCUT2D eigenvalue weighted by molar-refractivity contribution is 6.02. The Labute approximate surface area is 133 Å². The summed E-state index contributed by atoms with van der Waals surface area (Å²) < 4.78 is 4.88. The van der Waals surface area contributed by atoms with Crippen LogP contribution in [0.15, 0.2) is 36.4 Å². The molecule has 120 valence electrons. The molecule has 7 heteroatoms. The van der Waals surface area contributed by atoms with Crippen LogP contribution in [-0.2, 0) is 11.2 Å². The standard InChI is InChI=1S/C16H17N3O4/c1-10(16(21)22)9-11-3-5-12(6-4-11)17-15(20)13-7-8-14(23-2)19-18-13/h3-8,10H,9H2,1-2H3,(H,17,20)(H,21,22). The van der Waals surface area contributed by atoms with Gasteiger partial charge in [-0.3, -0.25) is 9.59 Å². The molecule has 0 saturated heterocycles. The van der Waals surface area contributed by atoms with E-state index < -0.39 is 11.9 Å². The number of ether oxygens (including phenoxy) is 1. The van der Waals surface area contributed by atoms with E-state index in [2.05, 4.69) is 15.5 Å². The number of carboxylic acid groups (broad SMARTS) is 1. The van der Waals surface area contributed by atoms with E-state index in [1.807, 2.05) is 0 Å². The zero-order chi connectivity index (χ0) is 16.8. The third kappa shape index (κ3) is 4.50. The van der Waals surface area contributed by atoms with E-state index in [1.165, 1.54) is 13.2 Å². The lowest BCUT2D eigenvalue weighted by atomic mass is 10.0. The molecule has 2 N–H and O–H groups in total. The predicted molar refractivity (Wildman–Crippen MR) is 83.5 cm³/mol. The monoisotopic (exact) mass is 315 g/mol.